The Morgan fingerprint density at radius 3 is 2.69 bits per heavy atom. The van der Waals surface area contributed by atoms with Crippen LogP contribution in [0.3, 0.4) is 0 Å². The summed E-state index contributed by atoms with van der Waals surface area (Å²) in [6.45, 7) is 3.58. The van der Waals surface area contributed by atoms with Crippen molar-refractivity contribution in [1.29, 1.82) is 0 Å². The summed E-state index contributed by atoms with van der Waals surface area (Å²) in [6, 6.07) is 13.7. The van der Waals surface area contributed by atoms with Gasteiger partial charge in [-0.2, -0.15) is 9.78 Å². The number of fused-ring (bicyclic) bond motifs is 1. The molecule has 4 rings (SSSR count). The zero-order valence-corrected chi connectivity index (χ0v) is 17.5. The van der Waals surface area contributed by atoms with Crippen molar-refractivity contribution in [1.82, 2.24) is 14.9 Å². The summed E-state index contributed by atoms with van der Waals surface area (Å²) >= 11 is 1.60. The maximum Gasteiger partial charge on any atom is 0.223 e. The monoisotopic (exact) mass is 407 g/mol. The molecule has 0 fully saturated rings. The first kappa shape index (κ1) is 19.2. The van der Waals surface area contributed by atoms with E-state index in [1.807, 2.05) is 49.4 Å². The number of carbonyl (C=O) groups excluding carboxylic acids is 1. The van der Waals surface area contributed by atoms with E-state index in [0.29, 0.717) is 11.6 Å². The van der Waals surface area contributed by atoms with Crippen molar-refractivity contribution in [3.8, 4) is 17.1 Å². The molecule has 0 bridgehead atoms. The van der Waals surface area contributed by atoms with Gasteiger partial charge in [0.05, 0.1) is 18.4 Å². The van der Waals surface area contributed by atoms with E-state index in [4.69, 9.17) is 9.84 Å². The van der Waals surface area contributed by atoms with Gasteiger partial charge < -0.3 is 9.64 Å². The molecule has 148 valence electrons. The molecule has 0 aliphatic carbocycles. The van der Waals surface area contributed by atoms with Gasteiger partial charge in [-0.15, -0.1) is 10.2 Å². The van der Waals surface area contributed by atoms with E-state index in [2.05, 4.69) is 10.2 Å². The molecule has 0 unspecified atom stereocenters. The summed E-state index contributed by atoms with van der Waals surface area (Å²) in [5, 5.41) is 14.2. The Bertz CT molecular complexity index is 1120. The van der Waals surface area contributed by atoms with E-state index in [-0.39, 0.29) is 5.91 Å². The molecule has 1 aliphatic rings. The quantitative estimate of drug-likeness (QED) is 0.661. The molecule has 8 heteroatoms. The fourth-order valence-corrected chi connectivity index (χ4v) is 4.05. The van der Waals surface area contributed by atoms with Gasteiger partial charge in [0.2, 0.25) is 11.1 Å². The number of nitrogens with zero attached hydrogens (tertiary/aromatic N) is 5. The summed E-state index contributed by atoms with van der Waals surface area (Å²) in [4.78, 5) is 13.3. The minimum Gasteiger partial charge on any atom is -0.496 e. The van der Waals surface area contributed by atoms with Crippen LogP contribution in [0.15, 0.2) is 52.7 Å². The summed E-state index contributed by atoms with van der Waals surface area (Å²) in [6.07, 6.45) is 0. The molecule has 1 amide bonds. The summed E-state index contributed by atoms with van der Waals surface area (Å²) < 4.78 is 7.25. The van der Waals surface area contributed by atoms with Crippen LogP contribution in [0.4, 0.5) is 5.69 Å². The van der Waals surface area contributed by atoms with Gasteiger partial charge in [0.15, 0.2) is 5.82 Å². The van der Waals surface area contributed by atoms with Crippen molar-refractivity contribution in [2.24, 2.45) is 5.10 Å². The van der Waals surface area contributed by atoms with Gasteiger partial charge in [-0.25, -0.2) is 0 Å². The highest BCUT2D eigenvalue weighted by Crippen LogP contribution is 2.33. The minimum absolute atomic E-state index is 0.00158. The van der Waals surface area contributed by atoms with Gasteiger partial charge in [0.25, 0.3) is 0 Å². The van der Waals surface area contributed by atoms with Crippen molar-refractivity contribution >= 4 is 29.1 Å². The normalized spacial score (nSPS) is 12.9. The minimum atomic E-state index is -0.00158. The Morgan fingerprint density at radius 2 is 1.97 bits per heavy atom. The van der Waals surface area contributed by atoms with Crippen LogP contribution in [0, 0.1) is 6.92 Å². The predicted octanol–water partition coefficient (Wildman–Crippen LogP) is 3.60. The molecule has 0 spiro atoms. The standard InChI is InChI=1S/C21H21N5O2S/c1-13-11-15(25(3)14(2)27)9-10-16(13)18-12-29-21-23-22-20(26(21)24-18)17-7-5-6-8-19(17)28-4/h5-11H,12H2,1-4H3. The maximum atomic E-state index is 11.6. The number of hydrogen-bond donors (Lipinski definition) is 0. The van der Waals surface area contributed by atoms with Crippen molar-refractivity contribution < 1.29 is 9.53 Å². The van der Waals surface area contributed by atoms with E-state index in [9.17, 15) is 4.79 Å². The molecule has 7 nitrogen and oxygen atoms in total. The molecule has 0 saturated heterocycles. The molecule has 29 heavy (non-hydrogen) atoms. The van der Waals surface area contributed by atoms with Gasteiger partial charge in [0, 0.05) is 31.0 Å². The summed E-state index contributed by atoms with van der Waals surface area (Å²) in [5.74, 6) is 2.07. The van der Waals surface area contributed by atoms with Gasteiger partial charge in [-0.3, -0.25) is 4.79 Å². The zero-order chi connectivity index (χ0) is 20.5. The number of ether oxygens (including phenoxy) is 1. The van der Waals surface area contributed by atoms with Crippen LogP contribution in [-0.2, 0) is 4.79 Å². The highest BCUT2D eigenvalue weighted by atomic mass is 32.2. The number of aryl methyl sites for hydroxylation is 1. The number of methoxy groups -OCH3 is 1. The van der Waals surface area contributed by atoms with Crippen LogP contribution in [-0.4, -0.2) is 46.4 Å². The topological polar surface area (TPSA) is 72.6 Å². The van der Waals surface area contributed by atoms with Crippen LogP contribution in [0.1, 0.15) is 18.1 Å². The smallest absolute Gasteiger partial charge is 0.223 e. The van der Waals surface area contributed by atoms with E-state index in [0.717, 1.165) is 39.0 Å². The summed E-state index contributed by atoms with van der Waals surface area (Å²) in [7, 11) is 3.41. The fraction of sp³-hybridized carbons (Fsp3) is 0.238. The number of hydrogen-bond acceptors (Lipinski definition) is 6. The number of aromatic nitrogens is 3. The molecule has 1 aliphatic heterocycles. The highest BCUT2D eigenvalue weighted by molar-refractivity contribution is 7.99. The molecular weight excluding hydrogens is 386 g/mol. The van der Waals surface area contributed by atoms with E-state index in [1.165, 1.54) is 0 Å². The lowest BCUT2D eigenvalue weighted by molar-refractivity contribution is -0.116. The molecule has 0 saturated carbocycles. The average molecular weight is 407 g/mol. The van der Waals surface area contributed by atoms with Crippen molar-refractivity contribution in [2.45, 2.75) is 19.0 Å². The maximum absolute atomic E-state index is 11.6. The van der Waals surface area contributed by atoms with Gasteiger partial charge in [-0.05, 0) is 36.8 Å². The lowest BCUT2D eigenvalue weighted by Gasteiger charge is -2.19. The number of anilines is 1. The predicted molar refractivity (Wildman–Crippen MR) is 115 cm³/mol. The number of rotatable bonds is 4. The Kier molecular flexibility index (Phi) is 5.10. The number of benzene rings is 2. The Morgan fingerprint density at radius 1 is 1.17 bits per heavy atom. The van der Waals surface area contributed by atoms with Gasteiger partial charge in [0.1, 0.15) is 5.75 Å². The van der Waals surface area contributed by atoms with Crippen molar-refractivity contribution in [2.75, 3.05) is 24.8 Å². The lowest BCUT2D eigenvalue weighted by Crippen LogP contribution is -2.23. The third-order valence-electron chi connectivity index (χ3n) is 4.90. The summed E-state index contributed by atoms with van der Waals surface area (Å²) in [5.41, 5.74) is 4.75. The Balaban J connectivity index is 1.75. The second-order valence-electron chi connectivity index (χ2n) is 6.73. The van der Waals surface area contributed by atoms with E-state index < -0.39 is 0 Å². The lowest BCUT2D eigenvalue weighted by atomic mass is 10.0. The van der Waals surface area contributed by atoms with Crippen LogP contribution in [0.5, 0.6) is 5.75 Å². The Labute approximate surface area is 173 Å². The first-order chi connectivity index (χ1) is 14.0. The largest absolute Gasteiger partial charge is 0.496 e. The number of carbonyl (C=O) groups is 1. The van der Waals surface area contributed by atoms with E-state index in [1.54, 1.807) is 42.4 Å². The third-order valence-corrected chi connectivity index (χ3v) is 5.83. The van der Waals surface area contributed by atoms with Gasteiger partial charge >= 0.3 is 0 Å². The first-order valence-corrected chi connectivity index (χ1v) is 10.1. The molecule has 1 aromatic heterocycles. The fourth-order valence-electron chi connectivity index (χ4n) is 3.22. The van der Waals surface area contributed by atoms with Gasteiger partial charge in [-0.1, -0.05) is 30.0 Å². The van der Waals surface area contributed by atoms with Crippen molar-refractivity contribution in [3.63, 3.8) is 0 Å². The van der Waals surface area contributed by atoms with Crippen molar-refractivity contribution in [3.05, 3.63) is 53.6 Å². The van der Waals surface area contributed by atoms with Crippen LogP contribution in [0.2, 0.25) is 0 Å². The Hall–Kier alpha value is -3.13. The molecule has 2 aromatic carbocycles. The zero-order valence-electron chi connectivity index (χ0n) is 16.7. The number of thioether (sulfide) groups is 1. The average Bonchev–Trinajstić information content (AvgIpc) is 3.16. The molecular formula is C21H21N5O2S. The molecule has 2 heterocycles. The highest BCUT2D eigenvalue weighted by Gasteiger charge is 2.23. The van der Waals surface area contributed by atoms with Crippen LogP contribution in [0.25, 0.3) is 11.4 Å². The molecule has 3 aromatic rings. The third kappa shape index (κ3) is 3.51. The van der Waals surface area contributed by atoms with Crippen LogP contribution < -0.4 is 9.64 Å². The molecule has 0 radical (unpaired) electrons. The second-order valence-corrected chi connectivity index (χ2v) is 7.67. The molecule has 0 atom stereocenters. The first-order valence-electron chi connectivity index (χ1n) is 9.14. The molecule has 0 N–H and O–H groups in total. The SMILES string of the molecule is COc1ccccc1-c1nnc2n1N=C(c1ccc(N(C)C(C)=O)cc1C)CS2. The van der Waals surface area contributed by atoms with Crippen LogP contribution >= 0.6 is 11.8 Å². The number of para-hydroxylation sites is 1. The number of amides is 1. The second kappa shape index (κ2) is 7.71. The van der Waals surface area contributed by atoms with E-state index >= 15 is 0 Å².